The summed E-state index contributed by atoms with van der Waals surface area (Å²) in [7, 11) is 0. The van der Waals surface area contributed by atoms with Crippen LogP contribution in [0.25, 0.3) is 10.8 Å². The maximum absolute atomic E-state index is 14.4. The summed E-state index contributed by atoms with van der Waals surface area (Å²) in [5.41, 5.74) is 24.0. The van der Waals surface area contributed by atoms with E-state index in [1.807, 2.05) is 91.9 Å². The molecule has 0 fully saturated rings. The molecule has 11 nitrogen and oxygen atoms in total. The molecule has 3 amide bonds. The van der Waals surface area contributed by atoms with Gasteiger partial charge in [0.05, 0.1) is 5.41 Å². The van der Waals surface area contributed by atoms with Gasteiger partial charge in [-0.15, -0.1) is 0 Å². The minimum Gasteiger partial charge on any atom is -0.384 e. The van der Waals surface area contributed by atoms with E-state index in [0.717, 1.165) is 27.5 Å². The SMILES string of the molecule is CC(Cc1ccc(C(=N)N)cc1)(C(=O)N[C@@H](Cc1ccc2ccccc2c1)C(=O)N[C@@H](CCCN=C(N)N)C(N)=O)c1ccccc1. The standard InChI is InChI=1S/C36H42N8O3/c1-36(28-10-3-2-4-11-28,22-23-13-17-26(18-14-23)31(37)38)34(47)44-30(21-24-15-16-25-8-5-6-9-27(25)20-24)33(46)43-29(32(39)45)12-7-19-42-35(40)41/h2-6,8-11,13-18,20,29-30H,7,12,19,21-22H2,1H3,(H3,37,38)(H2,39,45)(H,43,46)(H,44,47)(H4,40,41,42)/t29-,30-,36?/m0/s1. The number of carbonyl (C=O) groups excluding carboxylic acids is 3. The van der Waals surface area contributed by atoms with Crippen LogP contribution in [0.2, 0.25) is 0 Å². The lowest BCUT2D eigenvalue weighted by molar-refractivity contribution is -0.133. The number of amidine groups is 1. The van der Waals surface area contributed by atoms with E-state index in [-0.39, 0.29) is 37.1 Å². The second-order valence-corrected chi connectivity index (χ2v) is 11.8. The van der Waals surface area contributed by atoms with Gasteiger partial charge in [0.25, 0.3) is 0 Å². The molecule has 11 heteroatoms. The summed E-state index contributed by atoms with van der Waals surface area (Å²) in [4.78, 5) is 44.5. The Balaban J connectivity index is 1.65. The van der Waals surface area contributed by atoms with Gasteiger partial charge in [-0.25, -0.2) is 0 Å². The van der Waals surface area contributed by atoms with Gasteiger partial charge in [-0.3, -0.25) is 24.8 Å². The predicted octanol–water partition coefficient (Wildman–Crippen LogP) is 2.38. The third-order valence-electron chi connectivity index (χ3n) is 8.22. The number of nitrogens with two attached hydrogens (primary N) is 4. The number of nitrogens with zero attached hydrogens (tertiary/aromatic N) is 1. The molecule has 0 spiro atoms. The Kier molecular flexibility index (Phi) is 11.3. The molecule has 244 valence electrons. The van der Waals surface area contributed by atoms with Crippen molar-refractivity contribution in [3.8, 4) is 0 Å². The van der Waals surface area contributed by atoms with Gasteiger partial charge in [-0.2, -0.15) is 0 Å². The minimum absolute atomic E-state index is 0.0480. The topological polar surface area (TPSA) is 216 Å². The molecule has 1 unspecified atom stereocenters. The number of nitrogens with one attached hydrogen (secondary N) is 3. The summed E-state index contributed by atoms with van der Waals surface area (Å²) in [5, 5.41) is 15.5. The Morgan fingerprint density at radius 1 is 0.787 bits per heavy atom. The fourth-order valence-electron chi connectivity index (χ4n) is 5.52. The number of amides is 3. The van der Waals surface area contributed by atoms with Crippen LogP contribution in [0.15, 0.2) is 102 Å². The molecule has 0 saturated carbocycles. The zero-order valence-electron chi connectivity index (χ0n) is 26.4. The van der Waals surface area contributed by atoms with E-state index < -0.39 is 29.3 Å². The van der Waals surface area contributed by atoms with Crippen molar-refractivity contribution in [1.29, 1.82) is 5.41 Å². The largest absolute Gasteiger partial charge is 0.384 e. The first-order valence-electron chi connectivity index (χ1n) is 15.4. The fraction of sp³-hybridized carbons (Fsp3) is 0.250. The Hall–Kier alpha value is -5.71. The molecule has 0 saturated heterocycles. The lowest BCUT2D eigenvalue weighted by atomic mass is 9.76. The van der Waals surface area contributed by atoms with Crippen molar-refractivity contribution in [1.82, 2.24) is 10.6 Å². The van der Waals surface area contributed by atoms with Crippen LogP contribution in [0.1, 0.15) is 42.0 Å². The highest BCUT2D eigenvalue weighted by atomic mass is 16.2. The zero-order valence-corrected chi connectivity index (χ0v) is 26.4. The summed E-state index contributed by atoms with van der Waals surface area (Å²) in [5.74, 6) is -1.74. The zero-order chi connectivity index (χ0) is 34.0. The van der Waals surface area contributed by atoms with E-state index in [1.54, 1.807) is 12.1 Å². The molecular weight excluding hydrogens is 592 g/mol. The average Bonchev–Trinajstić information content (AvgIpc) is 3.06. The summed E-state index contributed by atoms with van der Waals surface area (Å²) in [6, 6.07) is 28.2. The van der Waals surface area contributed by atoms with Crippen molar-refractivity contribution in [2.75, 3.05) is 6.54 Å². The van der Waals surface area contributed by atoms with Crippen molar-refractivity contribution in [3.05, 3.63) is 119 Å². The summed E-state index contributed by atoms with van der Waals surface area (Å²) in [6.45, 7) is 2.10. The molecule has 0 bridgehead atoms. The van der Waals surface area contributed by atoms with E-state index in [1.165, 1.54) is 0 Å². The van der Waals surface area contributed by atoms with E-state index in [2.05, 4.69) is 15.6 Å². The molecule has 11 N–H and O–H groups in total. The molecule has 0 aromatic heterocycles. The predicted molar refractivity (Wildman–Crippen MR) is 186 cm³/mol. The molecule has 0 aliphatic carbocycles. The number of primary amides is 1. The smallest absolute Gasteiger partial charge is 0.243 e. The first-order chi connectivity index (χ1) is 22.5. The van der Waals surface area contributed by atoms with Crippen LogP contribution in [0.5, 0.6) is 0 Å². The number of carbonyl (C=O) groups is 3. The van der Waals surface area contributed by atoms with Crippen LogP contribution < -0.4 is 33.6 Å². The van der Waals surface area contributed by atoms with Crippen molar-refractivity contribution in [3.63, 3.8) is 0 Å². The molecule has 3 atom stereocenters. The summed E-state index contributed by atoms with van der Waals surface area (Å²) < 4.78 is 0. The van der Waals surface area contributed by atoms with E-state index in [4.69, 9.17) is 28.3 Å². The van der Waals surface area contributed by atoms with Gasteiger partial charge in [-0.1, -0.05) is 97.1 Å². The van der Waals surface area contributed by atoms with E-state index >= 15 is 0 Å². The van der Waals surface area contributed by atoms with Gasteiger partial charge in [0.15, 0.2) is 5.96 Å². The first-order valence-corrected chi connectivity index (χ1v) is 15.4. The van der Waals surface area contributed by atoms with Crippen LogP contribution in [0.3, 0.4) is 0 Å². The Labute approximate surface area is 274 Å². The third kappa shape index (κ3) is 9.16. The van der Waals surface area contributed by atoms with Gasteiger partial charge >= 0.3 is 0 Å². The quantitative estimate of drug-likeness (QED) is 0.0591. The van der Waals surface area contributed by atoms with Crippen LogP contribution in [-0.4, -0.2) is 48.1 Å². The second-order valence-electron chi connectivity index (χ2n) is 11.8. The van der Waals surface area contributed by atoms with E-state index in [9.17, 15) is 14.4 Å². The molecule has 4 aromatic carbocycles. The number of nitrogen functional groups attached to an aromatic ring is 1. The van der Waals surface area contributed by atoms with Crippen LogP contribution in [0.4, 0.5) is 0 Å². The molecule has 0 aliphatic heterocycles. The van der Waals surface area contributed by atoms with Gasteiger partial charge < -0.3 is 33.6 Å². The molecule has 4 rings (SSSR count). The average molecular weight is 635 g/mol. The van der Waals surface area contributed by atoms with Crippen molar-refractivity contribution in [2.24, 2.45) is 27.9 Å². The summed E-state index contributed by atoms with van der Waals surface area (Å²) in [6.07, 6.45) is 1.09. The number of guanidine groups is 1. The molecule has 47 heavy (non-hydrogen) atoms. The van der Waals surface area contributed by atoms with E-state index in [0.29, 0.717) is 18.4 Å². The normalized spacial score (nSPS) is 13.5. The molecule has 4 aromatic rings. The fourth-order valence-corrected chi connectivity index (χ4v) is 5.52. The number of benzene rings is 4. The van der Waals surface area contributed by atoms with Crippen LogP contribution in [0, 0.1) is 5.41 Å². The monoisotopic (exact) mass is 634 g/mol. The lowest BCUT2D eigenvalue weighted by Crippen LogP contribution is -2.56. The number of aliphatic imine (C=N–C) groups is 1. The number of hydrogen-bond donors (Lipinski definition) is 7. The van der Waals surface area contributed by atoms with Crippen LogP contribution >= 0.6 is 0 Å². The van der Waals surface area contributed by atoms with Gasteiger partial charge in [0.1, 0.15) is 17.9 Å². The Bertz CT molecular complexity index is 1750. The molecule has 0 aliphatic rings. The van der Waals surface area contributed by atoms with Crippen molar-refractivity contribution in [2.45, 2.75) is 50.1 Å². The Morgan fingerprint density at radius 3 is 2.06 bits per heavy atom. The van der Waals surface area contributed by atoms with Gasteiger partial charge in [0.2, 0.25) is 17.7 Å². The maximum Gasteiger partial charge on any atom is 0.243 e. The molecule has 0 heterocycles. The molecular formula is C36H42N8O3. The minimum atomic E-state index is -1.09. The van der Waals surface area contributed by atoms with Gasteiger partial charge in [0, 0.05) is 18.5 Å². The number of fused-ring (bicyclic) bond motifs is 1. The van der Waals surface area contributed by atoms with Crippen molar-refractivity contribution >= 4 is 40.3 Å². The second kappa shape index (κ2) is 15.5. The third-order valence-corrected chi connectivity index (χ3v) is 8.22. The highest BCUT2D eigenvalue weighted by Crippen LogP contribution is 2.29. The number of hydrogen-bond acceptors (Lipinski definition) is 5. The number of rotatable bonds is 15. The maximum atomic E-state index is 14.4. The summed E-state index contributed by atoms with van der Waals surface area (Å²) >= 11 is 0. The first kappa shape index (κ1) is 34.2. The van der Waals surface area contributed by atoms with Crippen LogP contribution in [-0.2, 0) is 32.6 Å². The highest BCUT2D eigenvalue weighted by molar-refractivity contribution is 5.96. The Morgan fingerprint density at radius 2 is 1.43 bits per heavy atom. The molecule has 0 radical (unpaired) electrons. The highest BCUT2D eigenvalue weighted by Gasteiger charge is 2.38. The van der Waals surface area contributed by atoms with Gasteiger partial charge in [-0.05, 0) is 53.6 Å². The van der Waals surface area contributed by atoms with Crippen molar-refractivity contribution < 1.29 is 14.4 Å². The lowest BCUT2D eigenvalue weighted by Gasteiger charge is -2.32.